The summed E-state index contributed by atoms with van der Waals surface area (Å²) in [4.78, 5) is 11.7. The van der Waals surface area contributed by atoms with Gasteiger partial charge in [0, 0.05) is 34.1 Å². The third-order valence-electron chi connectivity index (χ3n) is 10.5. The molecule has 0 amide bonds. The van der Waals surface area contributed by atoms with E-state index in [9.17, 15) is 10.5 Å². The van der Waals surface area contributed by atoms with Crippen molar-refractivity contribution in [2.75, 3.05) is 38.2 Å². The molecule has 0 bridgehead atoms. The fraction of sp³-hybridized carbons (Fsp3) is 0.0741. The SMILES string of the molecule is [C-]#[N+]c1c(C#N)c(C=Cc2ccc(N(c3ccc(OC)cc3)c3ccc(OC)cc3)cc2)c(C#N)c([N+]#[C-])c1C=Cc1ccc(N(c2ccc(OC)cc2)c2ccc(OC)cc2)cc1. The summed E-state index contributed by atoms with van der Waals surface area (Å²) in [6, 6.07) is 50.9. The van der Waals surface area contributed by atoms with E-state index < -0.39 is 0 Å². The zero-order chi connectivity index (χ0) is 45.0. The Morgan fingerprint density at radius 1 is 0.391 bits per heavy atom. The van der Waals surface area contributed by atoms with Gasteiger partial charge in [-0.2, -0.15) is 10.5 Å². The molecule has 10 heteroatoms. The highest BCUT2D eigenvalue weighted by molar-refractivity contribution is 5.96. The number of nitrogens with zero attached hydrogens (tertiary/aromatic N) is 6. The van der Waals surface area contributed by atoms with Gasteiger partial charge in [0.15, 0.2) is 0 Å². The number of rotatable bonds is 14. The fourth-order valence-corrected chi connectivity index (χ4v) is 7.19. The van der Waals surface area contributed by atoms with Crippen molar-refractivity contribution in [2.24, 2.45) is 0 Å². The Kier molecular flexibility index (Phi) is 13.3. The summed E-state index contributed by atoms with van der Waals surface area (Å²) in [5.74, 6) is 2.96. The molecule has 0 aliphatic carbocycles. The van der Waals surface area contributed by atoms with E-state index in [1.165, 1.54) is 0 Å². The van der Waals surface area contributed by atoms with Gasteiger partial charge in [-0.3, -0.25) is 0 Å². The number of benzene rings is 7. The van der Waals surface area contributed by atoms with Crippen LogP contribution in [0.15, 0.2) is 146 Å². The summed E-state index contributed by atoms with van der Waals surface area (Å²) in [7, 11) is 6.51. The Morgan fingerprint density at radius 2 is 0.641 bits per heavy atom. The van der Waals surface area contributed by atoms with Crippen LogP contribution in [0.3, 0.4) is 0 Å². The van der Waals surface area contributed by atoms with Crippen molar-refractivity contribution in [2.45, 2.75) is 0 Å². The molecule has 0 saturated carbocycles. The van der Waals surface area contributed by atoms with E-state index in [4.69, 9.17) is 32.1 Å². The van der Waals surface area contributed by atoms with Gasteiger partial charge in [0.25, 0.3) is 0 Å². The van der Waals surface area contributed by atoms with E-state index in [0.29, 0.717) is 0 Å². The first kappa shape index (κ1) is 42.9. The predicted molar refractivity (Wildman–Crippen MR) is 255 cm³/mol. The van der Waals surface area contributed by atoms with Crippen LogP contribution in [0.25, 0.3) is 34.0 Å². The Hall–Kier alpha value is -9.22. The molecule has 7 aromatic carbocycles. The molecule has 10 nitrogen and oxygen atoms in total. The molecule has 0 aliphatic heterocycles. The Balaban J connectivity index is 1.19. The number of methoxy groups -OCH3 is 4. The smallest absolute Gasteiger partial charge is 0.202 e. The summed E-state index contributed by atoms with van der Waals surface area (Å²) in [6.07, 6.45) is 6.80. The molecular weight excluding hydrogens is 797 g/mol. The molecule has 0 atom stereocenters. The number of nitriles is 2. The molecule has 0 saturated heterocycles. The lowest BCUT2D eigenvalue weighted by Gasteiger charge is -2.26. The lowest BCUT2D eigenvalue weighted by molar-refractivity contribution is 0.414. The van der Waals surface area contributed by atoms with Crippen LogP contribution in [-0.2, 0) is 0 Å². The zero-order valence-electron chi connectivity index (χ0n) is 35.5. The highest BCUT2D eigenvalue weighted by Crippen LogP contribution is 2.42. The van der Waals surface area contributed by atoms with Gasteiger partial charge < -0.3 is 28.7 Å². The normalized spacial score (nSPS) is 10.6. The fourth-order valence-electron chi connectivity index (χ4n) is 7.19. The average Bonchev–Trinajstić information content (AvgIpc) is 3.36. The highest BCUT2D eigenvalue weighted by atomic mass is 16.5. The van der Waals surface area contributed by atoms with Crippen LogP contribution >= 0.6 is 0 Å². The van der Waals surface area contributed by atoms with Gasteiger partial charge in [-0.05, 0) is 144 Å². The van der Waals surface area contributed by atoms with E-state index in [0.717, 1.165) is 68.2 Å². The molecule has 7 aromatic rings. The molecule has 64 heavy (non-hydrogen) atoms. The Bertz CT molecular complexity index is 2630. The van der Waals surface area contributed by atoms with Gasteiger partial charge in [-0.1, -0.05) is 48.6 Å². The van der Waals surface area contributed by atoms with E-state index >= 15 is 0 Å². The number of anilines is 6. The van der Waals surface area contributed by atoms with Crippen LogP contribution < -0.4 is 28.7 Å². The van der Waals surface area contributed by atoms with Crippen LogP contribution in [0.5, 0.6) is 23.0 Å². The van der Waals surface area contributed by atoms with Crippen molar-refractivity contribution < 1.29 is 18.9 Å². The van der Waals surface area contributed by atoms with Gasteiger partial charge in [-0.15, -0.1) is 0 Å². The first-order valence-corrected chi connectivity index (χ1v) is 19.9. The molecular formula is C54H40N6O4. The quantitative estimate of drug-likeness (QED) is 0.0789. The molecule has 0 N–H and O–H groups in total. The van der Waals surface area contributed by atoms with E-state index in [-0.39, 0.29) is 33.6 Å². The first-order chi connectivity index (χ1) is 31.4. The Morgan fingerprint density at radius 3 is 0.875 bits per heavy atom. The molecule has 0 spiro atoms. The van der Waals surface area contributed by atoms with Crippen molar-refractivity contribution in [3.63, 3.8) is 0 Å². The second-order valence-electron chi connectivity index (χ2n) is 14.0. The molecule has 0 fully saturated rings. The molecule has 0 heterocycles. The van der Waals surface area contributed by atoms with E-state index in [2.05, 4.69) is 31.6 Å². The summed E-state index contributed by atoms with van der Waals surface area (Å²) in [6.45, 7) is 16.3. The van der Waals surface area contributed by atoms with E-state index in [1.807, 2.05) is 146 Å². The van der Waals surface area contributed by atoms with Crippen LogP contribution in [0.1, 0.15) is 33.4 Å². The lowest BCUT2D eigenvalue weighted by Crippen LogP contribution is -2.09. The number of hydrogen-bond donors (Lipinski definition) is 0. The minimum atomic E-state index is -0.00446. The summed E-state index contributed by atoms with van der Waals surface area (Å²) >= 11 is 0. The molecule has 310 valence electrons. The van der Waals surface area contributed by atoms with Crippen molar-refractivity contribution in [1.82, 2.24) is 0 Å². The predicted octanol–water partition coefficient (Wildman–Crippen LogP) is 13.8. The molecule has 0 aromatic heterocycles. The van der Waals surface area contributed by atoms with Crippen LogP contribution in [-0.4, -0.2) is 28.4 Å². The van der Waals surface area contributed by atoms with Crippen LogP contribution in [0.2, 0.25) is 0 Å². The van der Waals surface area contributed by atoms with E-state index in [1.54, 1.807) is 52.7 Å². The maximum atomic E-state index is 10.5. The maximum Gasteiger partial charge on any atom is 0.202 e. The first-order valence-electron chi connectivity index (χ1n) is 19.9. The van der Waals surface area contributed by atoms with Crippen LogP contribution in [0.4, 0.5) is 45.5 Å². The standard InChI is InChI=1S/C54H40N6O4/c1-57-53-50(34-12-38-9-15-40(16-10-38)60(43-21-29-47(63-5)30-22-43)44-23-31-48(64-6)32-24-44)54(58-2)52(36-56)49(51(53)35-55)33-11-37-7-13-39(14-8-37)59(41-17-25-45(61-3)26-18-41)42-19-27-46(62-4)28-20-42/h7-34H,3-6H3. The summed E-state index contributed by atoms with van der Waals surface area (Å²) in [5, 5.41) is 20.9. The topological polar surface area (TPSA) is 99.7 Å². The average molecular weight is 837 g/mol. The maximum absolute atomic E-state index is 10.5. The van der Waals surface area contributed by atoms with Gasteiger partial charge >= 0.3 is 0 Å². The minimum absolute atomic E-state index is 0.00446. The molecule has 7 rings (SSSR count). The number of ether oxygens (including phenoxy) is 4. The highest BCUT2D eigenvalue weighted by Gasteiger charge is 2.22. The second-order valence-corrected chi connectivity index (χ2v) is 14.0. The second kappa shape index (κ2) is 19.9. The lowest BCUT2D eigenvalue weighted by atomic mass is 9.92. The third kappa shape index (κ3) is 9.09. The largest absolute Gasteiger partial charge is 0.497 e. The zero-order valence-corrected chi connectivity index (χ0v) is 35.5. The van der Waals surface area contributed by atoms with Crippen molar-refractivity contribution in [1.29, 1.82) is 10.5 Å². The third-order valence-corrected chi connectivity index (χ3v) is 10.5. The Labute approximate surface area is 373 Å². The molecule has 0 unspecified atom stereocenters. The molecule has 0 aliphatic rings. The van der Waals surface area contributed by atoms with Gasteiger partial charge in [0.05, 0.1) is 64.8 Å². The number of hydrogen-bond acceptors (Lipinski definition) is 8. The van der Waals surface area contributed by atoms with Gasteiger partial charge in [-0.25, -0.2) is 9.69 Å². The minimum Gasteiger partial charge on any atom is -0.497 e. The summed E-state index contributed by atoms with van der Waals surface area (Å²) < 4.78 is 21.5. The van der Waals surface area contributed by atoms with Crippen LogP contribution in [0, 0.1) is 35.8 Å². The molecule has 0 radical (unpaired) electrons. The monoisotopic (exact) mass is 836 g/mol. The van der Waals surface area contributed by atoms with Crippen molar-refractivity contribution in [3.05, 3.63) is 202 Å². The van der Waals surface area contributed by atoms with Crippen molar-refractivity contribution in [3.8, 4) is 35.1 Å². The summed E-state index contributed by atoms with van der Waals surface area (Å²) in [5.41, 5.74) is 7.42. The van der Waals surface area contributed by atoms with Gasteiger partial charge in [0.1, 0.15) is 23.0 Å². The van der Waals surface area contributed by atoms with Gasteiger partial charge in [0.2, 0.25) is 11.4 Å². The van der Waals surface area contributed by atoms with Crippen molar-refractivity contribution >= 4 is 69.8 Å².